The average Bonchev–Trinajstić information content (AvgIpc) is 2.99. The highest BCUT2D eigenvalue weighted by molar-refractivity contribution is 8.00. The Balaban J connectivity index is 1.53. The van der Waals surface area contributed by atoms with E-state index in [2.05, 4.69) is 21.3 Å². The van der Waals surface area contributed by atoms with Crippen molar-refractivity contribution in [1.82, 2.24) is 21.3 Å². The monoisotopic (exact) mass is 314 g/mol. The molecule has 2 rings (SSSR count). The minimum Gasteiger partial charge on any atom is -0.357 e. The molecular weight excluding hydrogens is 292 g/mol. The molecule has 2 heterocycles. The molecule has 0 spiro atoms. The minimum absolute atomic E-state index is 0.0236. The molecule has 0 unspecified atom stereocenters. The summed E-state index contributed by atoms with van der Waals surface area (Å²) in [4.78, 5) is 32.8. The summed E-state index contributed by atoms with van der Waals surface area (Å²) in [5, 5.41) is 11.6. The number of unbranched alkanes of at least 4 members (excludes halogenated alkanes) is 1. The van der Waals surface area contributed by atoms with Crippen molar-refractivity contribution in [2.45, 2.75) is 43.0 Å². The fraction of sp³-hybridized carbons (Fsp3) is 0.769. The van der Waals surface area contributed by atoms with E-state index in [1.165, 1.54) is 0 Å². The smallest absolute Gasteiger partial charge is 0.315 e. The van der Waals surface area contributed by atoms with Crippen LogP contribution in [0, 0.1) is 0 Å². The molecular formula is C13H22N4O3S. The van der Waals surface area contributed by atoms with E-state index in [4.69, 9.17) is 0 Å². The molecule has 0 radical (unpaired) electrons. The first-order chi connectivity index (χ1) is 10.2. The molecule has 0 aliphatic carbocycles. The third-order valence-corrected chi connectivity index (χ3v) is 5.26. The number of urea groups is 1. The van der Waals surface area contributed by atoms with Gasteiger partial charge in [0, 0.05) is 30.5 Å². The van der Waals surface area contributed by atoms with Crippen LogP contribution >= 0.6 is 11.8 Å². The number of carbonyl (C=O) groups excluding carboxylic acids is 3. The second-order valence-electron chi connectivity index (χ2n) is 5.29. The Morgan fingerprint density at radius 2 is 2.19 bits per heavy atom. The van der Waals surface area contributed by atoms with Gasteiger partial charge >= 0.3 is 6.03 Å². The summed E-state index contributed by atoms with van der Waals surface area (Å²) in [5.41, 5.74) is 0. The Morgan fingerprint density at radius 1 is 1.33 bits per heavy atom. The zero-order valence-electron chi connectivity index (χ0n) is 11.9. The molecule has 0 aromatic carbocycles. The summed E-state index contributed by atoms with van der Waals surface area (Å²) in [5.74, 6) is 0.994. The first-order valence-electron chi connectivity index (χ1n) is 7.33. The van der Waals surface area contributed by atoms with Gasteiger partial charge in [0.15, 0.2) is 0 Å². The predicted molar refractivity (Wildman–Crippen MR) is 81.0 cm³/mol. The summed E-state index contributed by atoms with van der Waals surface area (Å²) < 4.78 is 0. The van der Waals surface area contributed by atoms with Crippen molar-refractivity contribution in [1.29, 1.82) is 0 Å². The van der Waals surface area contributed by atoms with Gasteiger partial charge in [-0.15, -0.1) is 0 Å². The number of hydrogen-bond donors (Lipinski definition) is 4. The maximum atomic E-state index is 11.5. The lowest BCUT2D eigenvalue weighted by atomic mass is 10.0. The third kappa shape index (κ3) is 4.80. The minimum atomic E-state index is -0.0568. The summed E-state index contributed by atoms with van der Waals surface area (Å²) in [7, 11) is 0. The highest BCUT2D eigenvalue weighted by atomic mass is 32.2. The van der Waals surface area contributed by atoms with Gasteiger partial charge in [0.05, 0.1) is 12.1 Å². The number of carbonyl (C=O) groups is 3. The van der Waals surface area contributed by atoms with E-state index in [1.807, 2.05) is 11.8 Å². The standard InChI is InChI=1S/C13H22N4O3S/c18-8-14-5-6-15-11(19)4-2-1-3-10-12-9(7-21-10)16-13(20)17-12/h8-10,12H,1-7H2,(H,14,18)(H,15,19)(H2,16,17,20)/t9-,10-,12-/m1/s1. The molecule has 2 aliphatic heterocycles. The van der Waals surface area contributed by atoms with Gasteiger partial charge in [0.25, 0.3) is 0 Å². The number of amides is 4. The van der Waals surface area contributed by atoms with E-state index in [0.29, 0.717) is 31.2 Å². The number of rotatable bonds is 9. The Bertz CT molecular complexity index is 394. The van der Waals surface area contributed by atoms with Crippen molar-refractivity contribution in [2.24, 2.45) is 0 Å². The topological polar surface area (TPSA) is 99.3 Å². The molecule has 21 heavy (non-hydrogen) atoms. The van der Waals surface area contributed by atoms with E-state index in [-0.39, 0.29) is 24.0 Å². The molecule has 0 bridgehead atoms. The van der Waals surface area contributed by atoms with E-state index in [9.17, 15) is 14.4 Å². The number of hydrogen-bond acceptors (Lipinski definition) is 4. The highest BCUT2D eigenvalue weighted by Gasteiger charge is 2.42. The lowest BCUT2D eigenvalue weighted by molar-refractivity contribution is -0.121. The van der Waals surface area contributed by atoms with Crippen molar-refractivity contribution < 1.29 is 14.4 Å². The fourth-order valence-electron chi connectivity index (χ4n) is 2.70. The van der Waals surface area contributed by atoms with Gasteiger partial charge in [0.2, 0.25) is 12.3 Å². The van der Waals surface area contributed by atoms with E-state index >= 15 is 0 Å². The summed E-state index contributed by atoms with van der Waals surface area (Å²) in [6, 6.07) is 0.450. The Hall–Kier alpha value is -1.44. The SMILES string of the molecule is O=CNCCNC(=O)CCCC[C@H]1SC[C@H]2NC(=O)N[C@H]21. The summed E-state index contributed by atoms with van der Waals surface area (Å²) in [6.45, 7) is 0.932. The Labute approximate surface area is 128 Å². The molecule has 3 atom stereocenters. The first kappa shape index (κ1) is 15.9. The summed E-state index contributed by atoms with van der Waals surface area (Å²) >= 11 is 1.90. The fourth-order valence-corrected chi connectivity index (χ4v) is 4.24. The number of thioether (sulfide) groups is 1. The van der Waals surface area contributed by atoms with Crippen LogP contribution in [0.15, 0.2) is 0 Å². The maximum Gasteiger partial charge on any atom is 0.315 e. The molecule has 0 aromatic rings. The molecule has 2 saturated heterocycles. The van der Waals surface area contributed by atoms with Crippen molar-refractivity contribution >= 4 is 30.1 Å². The quantitative estimate of drug-likeness (QED) is 0.264. The molecule has 118 valence electrons. The molecule has 8 heteroatoms. The number of fused-ring (bicyclic) bond motifs is 1. The van der Waals surface area contributed by atoms with Crippen molar-refractivity contribution in [3.63, 3.8) is 0 Å². The Kier molecular flexibility index (Phi) is 6.16. The maximum absolute atomic E-state index is 11.5. The van der Waals surface area contributed by atoms with Gasteiger partial charge in [-0.05, 0) is 12.8 Å². The molecule has 4 N–H and O–H groups in total. The second-order valence-corrected chi connectivity index (χ2v) is 6.56. The Morgan fingerprint density at radius 3 is 3.00 bits per heavy atom. The van der Waals surface area contributed by atoms with Crippen LogP contribution in [-0.4, -0.2) is 54.5 Å². The molecule has 4 amide bonds. The second kappa shape index (κ2) is 8.11. The number of nitrogens with one attached hydrogen (secondary N) is 4. The van der Waals surface area contributed by atoms with Crippen molar-refractivity contribution in [2.75, 3.05) is 18.8 Å². The molecule has 2 aliphatic rings. The van der Waals surface area contributed by atoms with Crippen molar-refractivity contribution in [3.05, 3.63) is 0 Å². The van der Waals surface area contributed by atoms with Crippen LogP contribution in [0.3, 0.4) is 0 Å². The van der Waals surface area contributed by atoms with Gasteiger partial charge in [-0.2, -0.15) is 11.8 Å². The van der Waals surface area contributed by atoms with Crippen LogP contribution in [0.2, 0.25) is 0 Å². The van der Waals surface area contributed by atoms with E-state index < -0.39 is 0 Å². The van der Waals surface area contributed by atoms with Gasteiger partial charge in [0.1, 0.15) is 0 Å². The largest absolute Gasteiger partial charge is 0.357 e. The van der Waals surface area contributed by atoms with Crippen molar-refractivity contribution in [3.8, 4) is 0 Å². The highest BCUT2D eigenvalue weighted by Crippen LogP contribution is 2.33. The predicted octanol–water partition coefficient (Wildman–Crippen LogP) is -0.426. The van der Waals surface area contributed by atoms with Gasteiger partial charge in [-0.1, -0.05) is 6.42 Å². The molecule has 0 aromatic heterocycles. The zero-order chi connectivity index (χ0) is 15.1. The lowest BCUT2D eigenvalue weighted by Crippen LogP contribution is -2.36. The van der Waals surface area contributed by atoms with E-state index in [0.717, 1.165) is 25.0 Å². The molecule has 2 fully saturated rings. The van der Waals surface area contributed by atoms with Gasteiger partial charge in [-0.25, -0.2) is 4.79 Å². The lowest BCUT2D eigenvalue weighted by Gasteiger charge is -2.16. The van der Waals surface area contributed by atoms with Gasteiger partial charge in [-0.3, -0.25) is 9.59 Å². The van der Waals surface area contributed by atoms with Crippen LogP contribution in [0.5, 0.6) is 0 Å². The van der Waals surface area contributed by atoms with Crippen LogP contribution < -0.4 is 21.3 Å². The van der Waals surface area contributed by atoms with Crippen LogP contribution in [0.25, 0.3) is 0 Å². The van der Waals surface area contributed by atoms with Crippen LogP contribution in [-0.2, 0) is 9.59 Å². The zero-order valence-corrected chi connectivity index (χ0v) is 12.7. The summed E-state index contributed by atoms with van der Waals surface area (Å²) in [6.07, 6.45) is 3.99. The normalized spacial score (nSPS) is 26.7. The molecule has 7 nitrogen and oxygen atoms in total. The third-order valence-electron chi connectivity index (χ3n) is 3.76. The average molecular weight is 314 g/mol. The van der Waals surface area contributed by atoms with Crippen LogP contribution in [0.1, 0.15) is 25.7 Å². The van der Waals surface area contributed by atoms with Gasteiger partial charge < -0.3 is 21.3 Å². The molecule has 0 saturated carbocycles. The van der Waals surface area contributed by atoms with Crippen LogP contribution in [0.4, 0.5) is 4.79 Å². The van der Waals surface area contributed by atoms with E-state index in [1.54, 1.807) is 0 Å². The first-order valence-corrected chi connectivity index (χ1v) is 8.38.